The van der Waals surface area contributed by atoms with Crippen molar-refractivity contribution in [2.24, 2.45) is 0 Å². The largest absolute Gasteiger partial charge is 0.351 e. The van der Waals surface area contributed by atoms with Crippen LogP contribution >= 0.6 is 0 Å². The van der Waals surface area contributed by atoms with E-state index in [4.69, 9.17) is 0 Å². The molecule has 2 atom stereocenters. The molecule has 0 radical (unpaired) electrons. The molecule has 1 N–H and O–H groups in total. The minimum Gasteiger partial charge on any atom is -0.351 e. The summed E-state index contributed by atoms with van der Waals surface area (Å²) in [5.41, 5.74) is 2.49. The van der Waals surface area contributed by atoms with Gasteiger partial charge in [0.1, 0.15) is 6.04 Å². The topological polar surface area (TPSA) is 93.0 Å². The molecule has 3 aromatic rings. The Morgan fingerprint density at radius 1 is 1.19 bits per heavy atom. The summed E-state index contributed by atoms with van der Waals surface area (Å²) in [6, 6.07) is 17.2. The summed E-state index contributed by atoms with van der Waals surface area (Å²) in [6.07, 6.45) is 2.17. The Balaban J connectivity index is 1.64. The number of nitrogens with zero attached hydrogens (tertiary/aromatic N) is 5. The predicted octanol–water partition coefficient (Wildman–Crippen LogP) is 2.97. The number of rotatable bonds is 7. The van der Waals surface area contributed by atoms with Gasteiger partial charge in [0.25, 0.3) is 0 Å². The van der Waals surface area contributed by atoms with Crippen LogP contribution in [-0.2, 0) is 9.59 Å². The number of amides is 2. The third-order valence-corrected chi connectivity index (χ3v) is 6.21. The molecule has 1 fully saturated rings. The number of carbonyl (C=O) groups excluding carboxylic acids is 2. The molecule has 0 spiro atoms. The maximum Gasteiger partial charge on any atom is 0.223 e. The number of hydrogen-bond acceptors (Lipinski definition) is 5. The van der Waals surface area contributed by atoms with E-state index in [2.05, 4.69) is 20.8 Å². The summed E-state index contributed by atoms with van der Waals surface area (Å²) in [4.78, 5) is 26.6. The van der Waals surface area contributed by atoms with Crippen molar-refractivity contribution in [1.82, 2.24) is 30.4 Å². The van der Waals surface area contributed by atoms with Gasteiger partial charge in [0, 0.05) is 25.4 Å². The van der Waals surface area contributed by atoms with Crippen LogP contribution in [0.5, 0.6) is 0 Å². The van der Waals surface area contributed by atoms with Crippen LogP contribution in [-0.4, -0.2) is 49.5 Å². The summed E-state index contributed by atoms with van der Waals surface area (Å²) < 4.78 is 1.70. The van der Waals surface area contributed by atoms with E-state index in [1.165, 1.54) is 0 Å². The third kappa shape index (κ3) is 4.39. The van der Waals surface area contributed by atoms with E-state index in [-0.39, 0.29) is 17.4 Å². The van der Waals surface area contributed by atoms with Crippen molar-refractivity contribution in [3.63, 3.8) is 0 Å². The number of aromatic nitrogens is 4. The summed E-state index contributed by atoms with van der Waals surface area (Å²) in [7, 11) is 1.78. The quantitative estimate of drug-likeness (QED) is 0.620. The lowest BCUT2D eigenvalue weighted by Crippen LogP contribution is -2.40. The average molecular weight is 433 g/mol. The molecule has 1 saturated heterocycles. The molecule has 1 aliphatic heterocycles. The smallest absolute Gasteiger partial charge is 0.223 e. The molecule has 2 heterocycles. The number of para-hydroxylation sites is 1. The molecule has 32 heavy (non-hydrogen) atoms. The van der Waals surface area contributed by atoms with Gasteiger partial charge < -0.3 is 10.2 Å². The first-order chi connectivity index (χ1) is 15.4. The van der Waals surface area contributed by atoms with E-state index in [1.54, 1.807) is 16.6 Å². The van der Waals surface area contributed by atoms with E-state index in [9.17, 15) is 9.59 Å². The molecule has 1 aromatic heterocycles. The zero-order valence-corrected chi connectivity index (χ0v) is 18.7. The molecule has 0 saturated carbocycles. The first-order valence-electron chi connectivity index (χ1n) is 10.8. The third-order valence-electron chi connectivity index (χ3n) is 6.21. The van der Waals surface area contributed by atoms with Gasteiger partial charge in [-0.15, -0.1) is 5.10 Å². The normalized spacial score (nSPS) is 18.9. The molecule has 0 unspecified atom stereocenters. The molecular formula is C24H28N6O2. The molecule has 0 bridgehead atoms. The lowest BCUT2D eigenvalue weighted by molar-refractivity contribution is -0.132. The fraction of sp³-hybridized carbons (Fsp3) is 0.375. The van der Waals surface area contributed by atoms with Gasteiger partial charge in [-0.3, -0.25) is 9.59 Å². The van der Waals surface area contributed by atoms with Crippen LogP contribution in [0.15, 0.2) is 54.6 Å². The van der Waals surface area contributed by atoms with Crippen LogP contribution in [0.2, 0.25) is 0 Å². The molecule has 2 amide bonds. The standard InChI is InChI=1S/C24H28N6O2/c1-17-9-7-8-12-19(17)30-23(26-27-28-30)22(18-10-5-4-6-11-18)29(3)21(32)14-16-24(2)15-13-20(31)25-24/h4-12,22H,13-16H2,1-3H3,(H,25,31)/t22-,24+/m1/s1. The highest BCUT2D eigenvalue weighted by atomic mass is 16.2. The molecule has 1 aliphatic rings. The zero-order valence-electron chi connectivity index (χ0n) is 18.7. The highest BCUT2D eigenvalue weighted by Gasteiger charge is 2.35. The van der Waals surface area contributed by atoms with Gasteiger partial charge in [-0.2, -0.15) is 4.68 Å². The van der Waals surface area contributed by atoms with Gasteiger partial charge >= 0.3 is 0 Å². The number of hydrogen-bond donors (Lipinski definition) is 1. The van der Waals surface area contributed by atoms with E-state index in [0.29, 0.717) is 25.1 Å². The lowest BCUT2D eigenvalue weighted by Gasteiger charge is -2.30. The molecule has 166 valence electrons. The Morgan fingerprint density at radius 3 is 2.59 bits per heavy atom. The van der Waals surface area contributed by atoms with Crippen LogP contribution in [0.25, 0.3) is 5.69 Å². The number of aryl methyl sites for hydroxylation is 1. The van der Waals surface area contributed by atoms with E-state index in [1.807, 2.05) is 68.4 Å². The summed E-state index contributed by atoms with van der Waals surface area (Å²) in [5, 5.41) is 15.5. The van der Waals surface area contributed by atoms with Gasteiger partial charge in [-0.05, 0) is 54.3 Å². The number of carbonyl (C=O) groups is 2. The first-order valence-corrected chi connectivity index (χ1v) is 10.8. The predicted molar refractivity (Wildman–Crippen MR) is 120 cm³/mol. The van der Waals surface area contributed by atoms with Gasteiger partial charge in [0.2, 0.25) is 11.8 Å². The fourth-order valence-corrected chi connectivity index (χ4v) is 4.26. The second-order valence-electron chi connectivity index (χ2n) is 8.66. The van der Waals surface area contributed by atoms with Crippen molar-refractivity contribution in [3.8, 4) is 5.69 Å². The SMILES string of the molecule is Cc1ccccc1-n1nnnc1[C@@H](c1ccccc1)N(C)C(=O)CC[C@]1(C)CCC(=O)N1. The van der Waals surface area contributed by atoms with Crippen LogP contribution in [0.3, 0.4) is 0 Å². The number of nitrogens with one attached hydrogen (secondary N) is 1. The highest BCUT2D eigenvalue weighted by molar-refractivity contribution is 5.80. The average Bonchev–Trinajstić information content (AvgIpc) is 3.40. The maximum absolute atomic E-state index is 13.3. The van der Waals surface area contributed by atoms with Crippen LogP contribution in [0.1, 0.15) is 55.6 Å². The van der Waals surface area contributed by atoms with Crippen molar-refractivity contribution in [3.05, 3.63) is 71.5 Å². The van der Waals surface area contributed by atoms with Crippen molar-refractivity contribution in [2.45, 2.75) is 51.1 Å². The van der Waals surface area contributed by atoms with Gasteiger partial charge in [-0.1, -0.05) is 48.5 Å². The molecule has 8 heteroatoms. The van der Waals surface area contributed by atoms with Crippen molar-refractivity contribution in [2.75, 3.05) is 7.05 Å². The van der Waals surface area contributed by atoms with Crippen LogP contribution in [0, 0.1) is 6.92 Å². The van der Waals surface area contributed by atoms with E-state index < -0.39 is 6.04 Å². The number of tetrazole rings is 1. The number of benzene rings is 2. The lowest BCUT2D eigenvalue weighted by atomic mass is 9.93. The summed E-state index contributed by atoms with van der Waals surface area (Å²) in [6.45, 7) is 4.00. The highest BCUT2D eigenvalue weighted by Crippen LogP contribution is 2.30. The second-order valence-corrected chi connectivity index (χ2v) is 8.66. The molecule has 4 rings (SSSR count). The van der Waals surface area contributed by atoms with Crippen molar-refractivity contribution < 1.29 is 9.59 Å². The van der Waals surface area contributed by atoms with Crippen molar-refractivity contribution in [1.29, 1.82) is 0 Å². The van der Waals surface area contributed by atoms with Crippen molar-refractivity contribution >= 4 is 11.8 Å². The second kappa shape index (κ2) is 8.90. The zero-order chi connectivity index (χ0) is 22.7. The van der Waals surface area contributed by atoms with Gasteiger partial charge in [0.15, 0.2) is 5.82 Å². The van der Waals surface area contributed by atoms with E-state index in [0.717, 1.165) is 23.2 Å². The first kappa shape index (κ1) is 21.7. The van der Waals surface area contributed by atoms with Crippen LogP contribution < -0.4 is 5.32 Å². The summed E-state index contributed by atoms with van der Waals surface area (Å²) >= 11 is 0. The summed E-state index contributed by atoms with van der Waals surface area (Å²) in [5.74, 6) is 0.593. The molecular weight excluding hydrogens is 404 g/mol. The Labute approximate surface area is 187 Å². The molecule has 2 aromatic carbocycles. The fourth-order valence-electron chi connectivity index (χ4n) is 4.26. The molecule has 0 aliphatic carbocycles. The minimum absolute atomic E-state index is 0.0273. The monoisotopic (exact) mass is 432 g/mol. The van der Waals surface area contributed by atoms with Gasteiger partial charge in [0.05, 0.1) is 5.69 Å². The Morgan fingerprint density at radius 2 is 1.91 bits per heavy atom. The Kier molecular flexibility index (Phi) is 6.03. The van der Waals surface area contributed by atoms with Crippen LogP contribution in [0.4, 0.5) is 0 Å². The van der Waals surface area contributed by atoms with E-state index >= 15 is 0 Å². The Bertz CT molecular complexity index is 1110. The molecule has 8 nitrogen and oxygen atoms in total. The maximum atomic E-state index is 13.3. The van der Waals surface area contributed by atoms with Gasteiger partial charge in [-0.25, -0.2) is 0 Å². The Hall–Kier alpha value is -3.55. The minimum atomic E-state index is -0.454.